The first kappa shape index (κ1) is 23.8. The highest BCUT2D eigenvalue weighted by atomic mass is 32.2. The van der Waals surface area contributed by atoms with Crippen molar-refractivity contribution in [2.24, 2.45) is 0 Å². The predicted octanol–water partition coefficient (Wildman–Crippen LogP) is 3.51. The molecule has 0 aliphatic carbocycles. The van der Waals surface area contributed by atoms with E-state index in [1.165, 1.54) is 0 Å². The van der Waals surface area contributed by atoms with Crippen LogP contribution in [0.25, 0.3) is 10.9 Å². The van der Waals surface area contributed by atoms with Crippen LogP contribution in [-0.4, -0.2) is 72.3 Å². The van der Waals surface area contributed by atoms with Gasteiger partial charge in [-0.3, -0.25) is 4.79 Å². The minimum Gasteiger partial charge on any atom is -0.353 e. The van der Waals surface area contributed by atoms with Crippen LogP contribution in [0.5, 0.6) is 0 Å². The lowest BCUT2D eigenvalue weighted by Gasteiger charge is -2.37. The van der Waals surface area contributed by atoms with Crippen molar-refractivity contribution in [3.63, 3.8) is 0 Å². The van der Waals surface area contributed by atoms with Gasteiger partial charge >= 0.3 is 0 Å². The van der Waals surface area contributed by atoms with Gasteiger partial charge in [-0.15, -0.1) is 0 Å². The van der Waals surface area contributed by atoms with E-state index >= 15 is 0 Å². The quantitative estimate of drug-likeness (QED) is 0.523. The maximum absolute atomic E-state index is 13.5. The van der Waals surface area contributed by atoms with Crippen molar-refractivity contribution in [1.82, 2.24) is 18.8 Å². The Morgan fingerprint density at radius 3 is 2.43 bits per heavy atom. The molecule has 0 bridgehead atoms. The number of piperidine rings is 1. The molecule has 2 fully saturated rings. The number of benzene rings is 1. The van der Waals surface area contributed by atoms with Crippen molar-refractivity contribution in [1.29, 1.82) is 0 Å². The van der Waals surface area contributed by atoms with Gasteiger partial charge in [-0.25, -0.2) is 13.4 Å². The lowest BCUT2D eigenvalue weighted by molar-refractivity contribution is -0.135. The Morgan fingerprint density at radius 2 is 1.74 bits per heavy atom. The van der Waals surface area contributed by atoms with Crippen LogP contribution in [0.1, 0.15) is 38.6 Å². The number of rotatable bonds is 6. The van der Waals surface area contributed by atoms with Crippen LogP contribution in [0.15, 0.2) is 59.8 Å². The Bertz CT molecular complexity index is 1280. The van der Waals surface area contributed by atoms with Crippen LogP contribution in [-0.2, 0) is 14.8 Å². The van der Waals surface area contributed by atoms with Gasteiger partial charge in [0.15, 0.2) is 0 Å². The summed E-state index contributed by atoms with van der Waals surface area (Å²) in [6.07, 6.45) is 7.27. The van der Waals surface area contributed by atoms with Crippen molar-refractivity contribution >= 4 is 32.7 Å². The number of aromatic nitrogens is 2. The summed E-state index contributed by atoms with van der Waals surface area (Å²) in [5.74, 6) is 1.05. The van der Waals surface area contributed by atoms with Crippen molar-refractivity contribution < 1.29 is 13.2 Å². The fourth-order valence-electron chi connectivity index (χ4n) is 5.23. The first-order valence-electron chi connectivity index (χ1n) is 12.5. The van der Waals surface area contributed by atoms with Gasteiger partial charge in [-0.1, -0.05) is 19.4 Å². The summed E-state index contributed by atoms with van der Waals surface area (Å²) in [5, 5.41) is 0.842. The fourth-order valence-corrected chi connectivity index (χ4v) is 6.78. The molecule has 2 aliphatic heterocycles. The summed E-state index contributed by atoms with van der Waals surface area (Å²) in [5.41, 5.74) is 0.884. The van der Waals surface area contributed by atoms with Crippen molar-refractivity contribution in [3.8, 4) is 0 Å². The van der Waals surface area contributed by atoms with Crippen molar-refractivity contribution in [2.75, 3.05) is 44.2 Å². The molecule has 0 saturated carbocycles. The summed E-state index contributed by atoms with van der Waals surface area (Å²) < 4.78 is 29.8. The van der Waals surface area contributed by atoms with Crippen LogP contribution in [0.4, 0.5) is 5.82 Å². The molecule has 1 atom stereocenters. The monoisotopic (exact) mass is 495 g/mol. The lowest BCUT2D eigenvalue weighted by Crippen LogP contribution is -2.50. The summed E-state index contributed by atoms with van der Waals surface area (Å²) in [4.78, 5) is 22.4. The molecule has 1 amide bonds. The van der Waals surface area contributed by atoms with Crippen LogP contribution in [0, 0.1) is 0 Å². The first-order chi connectivity index (χ1) is 17.0. The van der Waals surface area contributed by atoms with E-state index in [1.807, 2.05) is 52.9 Å². The van der Waals surface area contributed by atoms with E-state index in [-0.39, 0.29) is 11.9 Å². The fraction of sp³-hybridized carbons (Fsp3) is 0.462. The average molecular weight is 496 g/mol. The molecule has 2 aliphatic rings. The topological polar surface area (TPSA) is 78.8 Å². The highest BCUT2D eigenvalue weighted by molar-refractivity contribution is 7.89. The number of fused-ring (bicyclic) bond motifs is 1. The predicted molar refractivity (Wildman–Crippen MR) is 137 cm³/mol. The van der Waals surface area contributed by atoms with E-state index < -0.39 is 10.0 Å². The number of hydrogen-bond acceptors (Lipinski definition) is 5. The molecule has 9 heteroatoms. The summed E-state index contributed by atoms with van der Waals surface area (Å²) in [7, 11) is -3.49. The number of hydrogen-bond donors (Lipinski definition) is 0. The lowest BCUT2D eigenvalue weighted by atomic mass is 10.1. The molecule has 3 aromatic rings. The Kier molecular flexibility index (Phi) is 6.80. The number of sulfonamides is 1. The largest absolute Gasteiger partial charge is 0.353 e. The van der Waals surface area contributed by atoms with Crippen molar-refractivity contribution in [3.05, 3.63) is 54.9 Å². The number of anilines is 1. The average Bonchev–Trinajstić information content (AvgIpc) is 3.33. The third-order valence-electron chi connectivity index (χ3n) is 7.22. The zero-order valence-electron chi connectivity index (χ0n) is 20.2. The van der Waals surface area contributed by atoms with Crippen LogP contribution in [0.3, 0.4) is 0 Å². The van der Waals surface area contributed by atoms with Gasteiger partial charge in [0.1, 0.15) is 11.9 Å². The second-order valence-corrected chi connectivity index (χ2v) is 11.3. The van der Waals surface area contributed by atoms with Gasteiger partial charge in [0.05, 0.1) is 4.90 Å². The molecule has 2 aromatic heterocycles. The van der Waals surface area contributed by atoms with Gasteiger partial charge < -0.3 is 14.4 Å². The molecule has 5 rings (SSSR count). The molecule has 0 spiro atoms. The zero-order chi connectivity index (χ0) is 24.4. The van der Waals surface area contributed by atoms with Crippen LogP contribution in [0.2, 0.25) is 0 Å². The molecular formula is C26H33N5O3S. The molecule has 8 nitrogen and oxygen atoms in total. The molecule has 1 unspecified atom stereocenters. The number of piperazine rings is 1. The minimum absolute atomic E-state index is 0.107. The highest BCUT2D eigenvalue weighted by Gasteiger charge is 2.30. The normalized spacial score (nSPS) is 18.7. The van der Waals surface area contributed by atoms with Gasteiger partial charge in [-0.05, 0) is 55.7 Å². The van der Waals surface area contributed by atoms with E-state index in [0.29, 0.717) is 37.5 Å². The number of carbonyl (C=O) groups excluding carboxylic acids is 1. The van der Waals surface area contributed by atoms with E-state index in [2.05, 4.69) is 9.88 Å². The third-order valence-corrected chi connectivity index (χ3v) is 9.11. The summed E-state index contributed by atoms with van der Waals surface area (Å²) in [6.45, 7) is 6.01. The van der Waals surface area contributed by atoms with E-state index in [0.717, 1.165) is 49.1 Å². The van der Waals surface area contributed by atoms with Crippen LogP contribution >= 0.6 is 0 Å². The van der Waals surface area contributed by atoms with E-state index in [9.17, 15) is 13.2 Å². The maximum Gasteiger partial charge on any atom is 0.245 e. The highest BCUT2D eigenvalue weighted by Crippen LogP contribution is 2.28. The van der Waals surface area contributed by atoms with Gasteiger partial charge in [0.25, 0.3) is 0 Å². The SMILES string of the molecule is CCC(C(=O)N1CCN(c2ccccn2)CC1)n1ccc2cc(S(=O)(=O)N3CCCCC3)ccc21. The smallest absolute Gasteiger partial charge is 0.245 e. The molecule has 1 aromatic carbocycles. The summed E-state index contributed by atoms with van der Waals surface area (Å²) >= 11 is 0. The molecule has 2 saturated heterocycles. The summed E-state index contributed by atoms with van der Waals surface area (Å²) in [6, 6.07) is 12.8. The Labute approximate surface area is 207 Å². The standard InChI is InChI=1S/C26H33N5O3S/c1-2-23(26(32)29-18-16-28(17-19-29)25-8-4-5-12-27-25)31-15-11-21-20-22(9-10-24(21)31)35(33,34)30-13-6-3-7-14-30/h4-5,8-12,15,20,23H,2-3,6-7,13-14,16-19H2,1H3. The zero-order valence-corrected chi connectivity index (χ0v) is 21.0. The second-order valence-electron chi connectivity index (χ2n) is 9.33. The van der Waals surface area contributed by atoms with Gasteiger partial charge in [-0.2, -0.15) is 4.31 Å². The maximum atomic E-state index is 13.5. The molecule has 35 heavy (non-hydrogen) atoms. The number of carbonyl (C=O) groups is 1. The molecule has 0 N–H and O–H groups in total. The van der Waals surface area contributed by atoms with E-state index in [1.54, 1.807) is 22.6 Å². The number of nitrogens with zero attached hydrogens (tertiary/aromatic N) is 5. The Balaban J connectivity index is 1.33. The third kappa shape index (κ3) is 4.67. The van der Waals surface area contributed by atoms with Crippen LogP contribution < -0.4 is 4.90 Å². The Morgan fingerprint density at radius 1 is 0.971 bits per heavy atom. The minimum atomic E-state index is -3.49. The van der Waals surface area contributed by atoms with E-state index in [4.69, 9.17) is 0 Å². The molecule has 186 valence electrons. The van der Waals surface area contributed by atoms with Gasteiger partial charge in [0, 0.05) is 62.6 Å². The van der Waals surface area contributed by atoms with Gasteiger partial charge in [0.2, 0.25) is 15.9 Å². The Hall–Kier alpha value is -2.91. The first-order valence-corrected chi connectivity index (χ1v) is 14.0. The molecule has 4 heterocycles. The number of amides is 1. The second kappa shape index (κ2) is 9.99. The molecular weight excluding hydrogens is 462 g/mol. The van der Waals surface area contributed by atoms with Crippen molar-refractivity contribution in [2.45, 2.75) is 43.5 Å². The number of pyridine rings is 1. The molecule has 0 radical (unpaired) electrons.